The number of carbonyl (C=O) groups is 3. The van der Waals surface area contributed by atoms with Crippen LogP contribution in [0.25, 0.3) is 0 Å². The zero-order chi connectivity index (χ0) is 16.1. The summed E-state index contributed by atoms with van der Waals surface area (Å²) in [6.45, 7) is 5.87. The van der Waals surface area contributed by atoms with E-state index in [4.69, 9.17) is 0 Å². The predicted octanol–water partition coefficient (Wildman–Crippen LogP) is 1.77. The summed E-state index contributed by atoms with van der Waals surface area (Å²) in [7, 11) is 1.80. The Hall–Kier alpha value is -1.49. The molecule has 0 saturated heterocycles. The van der Waals surface area contributed by atoms with Crippen LogP contribution < -0.4 is 10.6 Å². The Balaban J connectivity index is 3.61. The standard InChI is InChI=1S/C16H28N2O3/c1-4-13(19)9-8-11-16(21)18-12-7-6-10-14(17-3)15(20)5-2/h4,14,17H,1,5-12H2,2-3H3,(H,18,21). The van der Waals surface area contributed by atoms with E-state index in [1.165, 1.54) is 6.08 Å². The summed E-state index contributed by atoms with van der Waals surface area (Å²) in [5.74, 6) is 0.177. The molecule has 0 aromatic heterocycles. The highest BCUT2D eigenvalue weighted by atomic mass is 16.1. The Morgan fingerprint density at radius 2 is 1.86 bits per heavy atom. The molecule has 1 amide bonds. The Morgan fingerprint density at radius 3 is 2.43 bits per heavy atom. The van der Waals surface area contributed by atoms with Gasteiger partial charge in [0.05, 0.1) is 6.04 Å². The van der Waals surface area contributed by atoms with E-state index in [2.05, 4.69) is 17.2 Å². The van der Waals surface area contributed by atoms with Gasteiger partial charge in [0.25, 0.3) is 0 Å². The lowest BCUT2D eigenvalue weighted by Crippen LogP contribution is -2.33. The number of carbonyl (C=O) groups excluding carboxylic acids is 3. The molecule has 2 N–H and O–H groups in total. The largest absolute Gasteiger partial charge is 0.356 e. The fourth-order valence-electron chi connectivity index (χ4n) is 2.03. The van der Waals surface area contributed by atoms with Crippen LogP contribution in [0.15, 0.2) is 12.7 Å². The summed E-state index contributed by atoms with van der Waals surface area (Å²) in [4.78, 5) is 34.0. The van der Waals surface area contributed by atoms with Crippen LogP contribution in [0.1, 0.15) is 51.9 Å². The molecule has 0 aromatic rings. The first-order valence-corrected chi connectivity index (χ1v) is 7.67. The van der Waals surface area contributed by atoms with Crippen LogP contribution in [0, 0.1) is 0 Å². The van der Waals surface area contributed by atoms with Gasteiger partial charge in [0.2, 0.25) is 5.91 Å². The highest BCUT2D eigenvalue weighted by molar-refractivity contribution is 5.89. The molecule has 1 atom stereocenters. The van der Waals surface area contributed by atoms with E-state index in [-0.39, 0.29) is 23.5 Å². The second kappa shape index (κ2) is 12.3. The van der Waals surface area contributed by atoms with Crippen molar-refractivity contribution in [3.05, 3.63) is 12.7 Å². The van der Waals surface area contributed by atoms with Crippen LogP contribution >= 0.6 is 0 Å². The van der Waals surface area contributed by atoms with E-state index in [1.54, 1.807) is 7.05 Å². The van der Waals surface area contributed by atoms with Gasteiger partial charge in [-0.25, -0.2) is 0 Å². The average Bonchev–Trinajstić information content (AvgIpc) is 2.49. The lowest BCUT2D eigenvalue weighted by atomic mass is 10.0. The lowest BCUT2D eigenvalue weighted by molar-refractivity contribution is -0.122. The topological polar surface area (TPSA) is 75.3 Å². The molecule has 0 saturated carbocycles. The molecule has 1 unspecified atom stereocenters. The van der Waals surface area contributed by atoms with Crippen molar-refractivity contribution in [2.75, 3.05) is 13.6 Å². The lowest BCUT2D eigenvalue weighted by Gasteiger charge is -2.13. The Bertz CT molecular complexity index is 353. The van der Waals surface area contributed by atoms with Gasteiger partial charge in [-0.2, -0.15) is 0 Å². The van der Waals surface area contributed by atoms with Crippen molar-refractivity contribution < 1.29 is 14.4 Å². The number of Topliss-reactive ketones (excluding diaryl/α,β-unsaturated/α-hetero) is 1. The number of amides is 1. The van der Waals surface area contributed by atoms with Gasteiger partial charge in [-0.1, -0.05) is 13.5 Å². The summed E-state index contributed by atoms with van der Waals surface area (Å²) in [6.07, 6.45) is 5.68. The van der Waals surface area contributed by atoms with Crippen LogP contribution in [-0.4, -0.2) is 37.1 Å². The second-order valence-corrected chi connectivity index (χ2v) is 5.03. The first kappa shape index (κ1) is 19.5. The third-order valence-electron chi connectivity index (χ3n) is 3.38. The molecule has 0 bridgehead atoms. The smallest absolute Gasteiger partial charge is 0.220 e. The van der Waals surface area contributed by atoms with Crippen molar-refractivity contribution in [1.29, 1.82) is 0 Å². The molecule has 0 aliphatic heterocycles. The third-order valence-corrected chi connectivity index (χ3v) is 3.38. The first-order valence-electron chi connectivity index (χ1n) is 7.67. The quantitative estimate of drug-likeness (QED) is 0.401. The Labute approximate surface area is 127 Å². The SMILES string of the molecule is C=CC(=O)CCCC(=O)NCCCCC(NC)C(=O)CC. The number of ketones is 2. The molecule has 5 nitrogen and oxygen atoms in total. The van der Waals surface area contributed by atoms with E-state index < -0.39 is 0 Å². The Morgan fingerprint density at radius 1 is 1.14 bits per heavy atom. The maximum absolute atomic E-state index is 11.5. The highest BCUT2D eigenvalue weighted by Crippen LogP contribution is 2.03. The van der Waals surface area contributed by atoms with Gasteiger partial charge in [0.15, 0.2) is 5.78 Å². The molecular weight excluding hydrogens is 268 g/mol. The molecule has 0 aliphatic rings. The minimum Gasteiger partial charge on any atom is -0.356 e. The van der Waals surface area contributed by atoms with Gasteiger partial charge in [-0.3, -0.25) is 14.4 Å². The van der Waals surface area contributed by atoms with Crippen LogP contribution in [0.4, 0.5) is 0 Å². The zero-order valence-electron chi connectivity index (χ0n) is 13.2. The van der Waals surface area contributed by atoms with Crippen molar-refractivity contribution in [2.24, 2.45) is 0 Å². The Kier molecular flexibility index (Phi) is 11.4. The van der Waals surface area contributed by atoms with E-state index in [1.807, 2.05) is 6.92 Å². The second-order valence-electron chi connectivity index (χ2n) is 5.03. The van der Waals surface area contributed by atoms with Gasteiger partial charge in [0.1, 0.15) is 5.78 Å². The van der Waals surface area contributed by atoms with E-state index in [0.29, 0.717) is 32.2 Å². The maximum atomic E-state index is 11.5. The van der Waals surface area contributed by atoms with Crippen molar-refractivity contribution in [1.82, 2.24) is 10.6 Å². The third kappa shape index (κ3) is 9.96. The summed E-state index contributed by atoms with van der Waals surface area (Å²) in [6, 6.07) is -0.0735. The van der Waals surface area contributed by atoms with Gasteiger partial charge < -0.3 is 10.6 Å². The van der Waals surface area contributed by atoms with E-state index >= 15 is 0 Å². The van der Waals surface area contributed by atoms with Gasteiger partial charge in [-0.05, 0) is 38.8 Å². The number of allylic oxidation sites excluding steroid dienone is 1. The number of likely N-dealkylation sites (N-methyl/N-ethyl adjacent to an activating group) is 1. The molecule has 120 valence electrons. The number of unbranched alkanes of at least 4 members (excludes halogenated alkanes) is 1. The van der Waals surface area contributed by atoms with Crippen LogP contribution in [0.3, 0.4) is 0 Å². The first-order chi connectivity index (χ1) is 10.0. The fourth-order valence-corrected chi connectivity index (χ4v) is 2.03. The summed E-state index contributed by atoms with van der Waals surface area (Å²) in [5, 5.41) is 5.85. The van der Waals surface area contributed by atoms with Crippen LogP contribution in [0.5, 0.6) is 0 Å². The number of nitrogens with one attached hydrogen (secondary N) is 2. The van der Waals surface area contributed by atoms with Crippen molar-refractivity contribution in [3.8, 4) is 0 Å². The molecule has 0 aliphatic carbocycles. The highest BCUT2D eigenvalue weighted by Gasteiger charge is 2.13. The molecule has 0 spiro atoms. The predicted molar refractivity (Wildman–Crippen MR) is 84.1 cm³/mol. The molecule has 0 aromatic carbocycles. The molecule has 0 heterocycles. The van der Waals surface area contributed by atoms with Crippen molar-refractivity contribution in [3.63, 3.8) is 0 Å². The minimum atomic E-state index is -0.0735. The monoisotopic (exact) mass is 296 g/mol. The van der Waals surface area contributed by atoms with E-state index in [0.717, 1.165) is 19.3 Å². The zero-order valence-corrected chi connectivity index (χ0v) is 13.2. The van der Waals surface area contributed by atoms with Gasteiger partial charge in [0, 0.05) is 25.8 Å². The molecule has 0 rings (SSSR count). The number of hydrogen-bond acceptors (Lipinski definition) is 4. The molecule has 0 fully saturated rings. The van der Waals surface area contributed by atoms with Crippen molar-refractivity contribution in [2.45, 2.75) is 57.9 Å². The average molecular weight is 296 g/mol. The number of rotatable bonds is 13. The van der Waals surface area contributed by atoms with Gasteiger partial charge >= 0.3 is 0 Å². The fraction of sp³-hybridized carbons (Fsp3) is 0.688. The molecule has 5 heteroatoms. The van der Waals surface area contributed by atoms with E-state index in [9.17, 15) is 14.4 Å². The summed E-state index contributed by atoms with van der Waals surface area (Å²) >= 11 is 0. The number of hydrogen-bond donors (Lipinski definition) is 2. The maximum Gasteiger partial charge on any atom is 0.220 e. The molecule has 21 heavy (non-hydrogen) atoms. The van der Waals surface area contributed by atoms with Crippen LogP contribution in [-0.2, 0) is 14.4 Å². The normalized spacial score (nSPS) is 11.7. The molecular formula is C16H28N2O3. The summed E-state index contributed by atoms with van der Waals surface area (Å²) in [5.41, 5.74) is 0. The van der Waals surface area contributed by atoms with Gasteiger partial charge in [-0.15, -0.1) is 0 Å². The summed E-state index contributed by atoms with van der Waals surface area (Å²) < 4.78 is 0. The molecule has 0 radical (unpaired) electrons. The van der Waals surface area contributed by atoms with Crippen LogP contribution in [0.2, 0.25) is 0 Å². The van der Waals surface area contributed by atoms with Crippen molar-refractivity contribution >= 4 is 17.5 Å². The minimum absolute atomic E-state index is 0.0262.